The Morgan fingerprint density at radius 1 is 1.30 bits per heavy atom. The molecule has 1 aliphatic heterocycles. The summed E-state index contributed by atoms with van der Waals surface area (Å²) in [7, 11) is 0. The third-order valence-corrected chi connectivity index (χ3v) is 4.55. The number of imidazole rings is 1. The van der Waals surface area contributed by atoms with Crippen LogP contribution >= 0.6 is 0 Å². The number of nitrogens with zero attached hydrogens (tertiary/aromatic N) is 3. The highest BCUT2D eigenvalue weighted by molar-refractivity contribution is 5.99. The smallest absolute Gasteiger partial charge is 0.271 e. The molecule has 0 aliphatic carbocycles. The monoisotopic (exact) mass is 365 g/mol. The van der Waals surface area contributed by atoms with Crippen LogP contribution < -0.4 is 11.1 Å². The topological polar surface area (TPSA) is 112 Å². The van der Waals surface area contributed by atoms with Gasteiger partial charge in [-0.2, -0.15) is 0 Å². The molecule has 1 saturated heterocycles. The molecule has 1 aliphatic rings. The van der Waals surface area contributed by atoms with E-state index in [-0.39, 0.29) is 29.0 Å². The first-order valence-corrected chi connectivity index (χ1v) is 8.76. The summed E-state index contributed by atoms with van der Waals surface area (Å²) in [5, 5.41) is 2.85. The number of nitrogens with two attached hydrogens (primary N) is 1. The lowest BCUT2D eigenvalue weighted by Gasteiger charge is -2.12. The van der Waals surface area contributed by atoms with Gasteiger partial charge in [-0.3, -0.25) is 14.0 Å². The second-order valence-corrected chi connectivity index (χ2v) is 6.39. The summed E-state index contributed by atoms with van der Waals surface area (Å²) in [6.45, 7) is 1.15. The average Bonchev–Trinajstić information content (AvgIpc) is 3.35. The van der Waals surface area contributed by atoms with Gasteiger partial charge in [-0.1, -0.05) is 30.3 Å². The highest BCUT2D eigenvalue weighted by Gasteiger charge is 2.21. The van der Waals surface area contributed by atoms with Gasteiger partial charge >= 0.3 is 0 Å². The molecule has 3 N–H and O–H groups in total. The van der Waals surface area contributed by atoms with E-state index in [0.717, 1.165) is 25.0 Å². The summed E-state index contributed by atoms with van der Waals surface area (Å²) in [5.74, 6) is -1.03. The first kappa shape index (κ1) is 17.2. The molecule has 2 aromatic heterocycles. The molecule has 0 saturated carbocycles. The second kappa shape index (κ2) is 7.16. The molecule has 27 heavy (non-hydrogen) atoms. The van der Waals surface area contributed by atoms with Crippen molar-refractivity contribution in [3.05, 3.63) is 54.1 Å². The zero-order valence-electron chi connectivity index (χ0n) is 14.6. The van der Waals surface area contributed by atoms with Gasteiger partial charge < -0.3 is 15.8 Å². The largest absolute Gasteiger partial charge is 0.376 e. The van der Waals surface area contributed by atoms with Gasteiger partial charge in [0.15, 0.2) is 11.3 Å². The Balaban J connectivity index is 1.74. The predicted octanol–water partition coefficient (Wildman–Crippen LogP) is 1.40. The lowest BCUT2D eigenvalue weighted by molar-refractivity contribution is 0.0853. The Morgan fingerprint density at radius 2 is 2.11 bits per heavy atom. The van der Waals surface area contributed by atoms with Gasteiger partial charge in [0.1, 0.15) is 12.0 Å². The number of ether oxygens (including phenoxy) is 1. The fourth-order valence-corrected chi connectivity index (χ4v) is 3.19. The van der Waals surface area contributed by atoms with Crippen LogP contribution in [0.4, 0.5) is 0 Å². The van der Waals surface area contributed by atoms with Crippen molar-refractivity contribution in [2.75, 3.05) is 13.2 Å². The van der Waals surface area contributed by atoms with Crippen molar-refractivity contribution in [2.24, 2.45) is 5.73 Å². The van der Waals surface area contributed by atoms with Crippen molar-refractivity contribution in [1.82, 2.24) is 19.7 Å². The molecule has 1 unspecified atom stereocenters. The predicted molar refractivity (Wildman–Crippen MR) is 98.2 cm³/mol. The fraction of sp³-hybridized carbons (Fsp3) is 0.263. The number of carbonyl (C=O) groups excluding carboxylic acids is 2. The minimum atomic E-state index is -0.694. The van der Waals surface area contributed by atoms with E-state index < -0.39 is 5.91 Å². The van der Waals surface area contributed by atoms with E-state index in [1.165, 1.54) is 6.33 Å². The Labute approximate surface area is 155 Å². The maximum atomic E-state index is 12.7. The number of rotatable bonds is 5. The molecule has 8 nitrogen and oxygen atoms in total. The van der Waals surface area contributed by atoms with Gasteiger partial charge in [0.05, 0.1) is 11.8 Å². The number of aromatic nitrogens is 3. The van der Waals surface area contributed by atoms with Gasteiger partial charge in [-0.15, -0.1) is 0 Å². The summed E-state index contributed by atoms with van der Waals surface area (Å²) in [5.41, 5.74) is 7.45. The van der Waals surface area contributed by atoms with E-state index in [9.17, 15) is 9.59 Å². The van der Waals surface area contributed by atoms with Crippen LogP contribution in [0.25, 0.3) is 16.9 Å². The average molecular weight is 365 g/mol. The maximum absolute atomic E-state index is 12.7. The molecule has 8 heteroatoms. The van der Waals surface area contributed by atoms with Crippen LogP contribution in [0.3, 0.4) is 0 Å². The van der Waals surface area contributed by atoms with Crippen LogP contribution in [0.5, 0.6) is 0 Å². The highest BCUT2D eigenvalue weighted by Crippen LogP contribution is 2.22. The third-order valence-electron chi connectivity index (χ3n) is 4.55. The van der Waals surface area contributed by atoms with Crippen LogP contribution in [0.15, 0.2) is 42.7 Å². The molecular weight excluding hydrogens is 346 g/mol. The van der Waals surface area contributed by atoms with Gasteiger partial charge in [-0.05, 0) is 24.5 Å². The highest BCUT2D eigenvalue weighted by atomic mass is 16.5. The first-order valence-electron chi connectivity index (χ1n) is 8.76. The van der Waals surface area contributed by atoms with E-state index in [1.807, 2.05) is 30.3 Å². The molecule has 1 fully saturated rings. The Bertz CT molecular complexity index is 993. The van der Waals surface area contributed by atoms with Gasteiger partial charge in [0.2, 0.25) is 0 Å². The fourth-order valence-electron chi connectivity index (χ4n) is 3.19. The molecule has 3 heterocycles. The van der Waals surface area contributed by atoms with Crippen molar-refractivity contribution in [2.45, 2.75) is 18.9 Å². The normalized spacial score (nSPS) is 16.5. The summed E-state index contributed by atoms with van der Waals surface area (Å²) < 4.78 is 7.19. The van der Waals surface area contributed by atoms with Crippen molar-refractivity contribution < 1.29 is 14.3 Å². The van der Waals surface area contributed by atoms with E-state index in [0.29, 0.717) is 12.2 Å². The van der Waals surface area contributed by atoms with Crippen molar-refractivity contribution >= 4 is 17.5 Å². The standard InChI is InChI=1S/C19H19N5O3/c20-17(25)16-18-23-14(19(26)21-10-13-7-4-8-27-13)9-15(24(18)11-22-16)12-5-2-1-3-6-12/h1-3,5-6,9,11,13H,4,7-8,10H2,(H2,20,25)(H,21,26). The maximum Gasteiger partial charge on any atom is 0.271 e. The minimum Gasteiger partial charge on any atom is -0.376 e. The molecule has 2 amide bonds. The third kappa shape index (κ3) is 3.39. The second-order valence-electron chi connectivity index (χ2n) is 6.39. The lowest BCUT2D eigenvalue weighted by atomic mass is 10.1. The molecule has 0 spiro atoms. The number of amides is 2. The molecule has 138 valence electrons. The Morgan fingerprint density at radius 3 is 2.81 bits per heavy atom. The molecule has 1 aromatic carbocycles. The minimum absolute atomic E-state index is 0.0287. The number of fused-ring (bicyclic) bond motifs is 1. The van der Waals surface area contributed by atoms with E-state index >= 15 is 0 Å². The SMILES string of the molecule is NC(=O)c1ncn2c(-c3ccccc3)cc(C(=O)NCC3CCCO3)nc12. The van der Waals surface area contributed by atoms with Crippen LogP contribution in [0.1, 0.15) is 33.8 Å². The molecule has 3 aromatic rings. The zero-order chi connectivity index (χ0) is 18.8. The summed E-state index contributed by atoms with van der Waals surface area (Å²) in [4.78, 5) is 32.7. The van der Waals surface area contributed by atoms with E-state index in [1.54, 1.807) is 10.5 Å². The summed E-state index contributed by atoms with van der Waals surface area (Å²) >= 11 is 0. The molecule has 0 bridgehead atoms. The molecule has 0 radical (unpaired) electrons. The van der Waals surface area contributed by atoms with Crippen molar-refractivity contribution in [3.8, 4) is 11.3 Å². The number of hydrogen-bond acceptors (Lipinski definition) is 5. The van der Waals surface area contributed by atoms with Crippen LogP contribution in [0, 0.1) is 0 Å². The summed E-state index contributed by atoms with van der Waals surface area (Å²) in [6, 6.07) is 11.2. The molecule has 4 rings (SSSR count). The number of carbonyl (C=O) groups is 2. The Hall–Kier alpha value is -3.26. The van der Waals surface area contributed by atoms with Gasteiger partial charge in [0.25, 0.3) is 11.8 Å². The van der Waals surface area contributed by atoms with Crippen LogP contribution in [-0.4, -0.2) is 45.4 Å². The number of primary amides is 1. The van der Waals surface area contributed by atoms with E-state index in [4.69, 9.17) is 10.5 Å². The summed E-state index contributed by atoms with van der Waals surface area (Å²) in [6.07, 6.45) is 3.44. The first-order chi connectivity index (χ1) is 13.1. The number of benzene rings is 1. The molecular formula is C19H19N5O3. The van der Waals surface area contributed by atoms with Crippen molar-refractivity contribution in [1.29, 1.82) is 0 Å². The van der Waals surface area contributed by atoms with Gasteiger partial charge in [0, 0.05) is 13.2 Å². The van der Waals surface area contributed by atoms with E-state index in [2.05, 4.69) is 15.3 Å². The van der Waals surface area contributed by atoms with Crippen LogP contribution in [0.2, 0.25) is 0 Å². The van der Waals surface area contributed by atoms with Crippen LogP contribution in [-0.2, 0) is 4.74 Å². The quantitative estimate of drug-likeness (QED) is 0.710. The molecule has 1 atom stereocenters. The lowest BCUT2D eigenvalue weighted by Crippen LogP contribution is -2.32. The number of nitrogens with one attached hydrogen (secondary N) is 1. The number of hydrogen-bond donors (Lipinski definition) is 2. The van der Waals surface area contributed by atoms with Gasteiger partial charge in [-0.25, -0.2) is 9.97 Å². The van der Waals surface area contributed by atoms with Crippen molar-refractivity contribution in [3.63, 3.8) is 0 Å². The Kier molecular flexibility index (Phi) is 4.55. The zero-order valence-corrected chi connectivity index (χ0v) is 14.6.